The van der Waals surface area contributed by atoms with Gasteiger partial charge in [0.05, 0.1) is 11.2 Å². The Bertz CT molecular complexity index is 1400. The molecule has 0 bridgehead atoms. The SMILES string of the molecule is O=C(N/N=C\c1cc(Br)ccc1O)c1ccc(NC(=O)c2sc3cc(Br)ccc3c2Cl)cc1. The highest BCUT2D eigenvalue weighted by Crippen LogP contribution is 2.37. The summed E-state index contributed by atoms with van der Waals surface area (Å²) in [5.74, 6) is -0.715. The predicted molar refractivity (Wildman–Crippen MR) is 140 cm³/mol. The van der Waals surface area contributed by atoms with Crippen LogP contribution in [0.1, 0.15) is 25.6 Å². The van der Waals surface area contributed by atoms with Crippen molar-refractivity contribution in [3.63, 3.8) is 0 Å². The van der Waals surface area contributed by atoms with Gasteiger partial charge < -0.3 is 10.4 Å². The summed E-state index contributed by atoms with van der Waals surface area (Å²) >= 11 is 14.4. The minimum Gasteiger partial charge on any atom is -0.507 e. The highest BCUT2D eigenvalue weighted by molar-refractivity contribution is 9.10. The number of amides is 2. The highest BCUT2D eigenvalue weighted by Gasteiger charge is 2.17. The third-order valence-corrected chi connectivity index (χ3v) is 7.20. The van der Waals surface area contributed by atoms with E-state index in [-0.39, 0.29) is 11.7 Å². The molecule has 33 heavy (non-hydrogen) atoms. The quantitative estimate of drug-likeness (QED) is 0.172. The lowest BCUT2D eigenvalue weighted by molar-refractivity contribution is 0.0954. The zero-order chi connectivity index (χ0) is 23.5. The summed E-state index contributed by atoms with van der Waals surface area (Å²) in [7, 11) is 0. The number of carbonyl (C=O) groups is 2. The maximum absolute atomic E-state index is 12.7. The molecule has 0 fully saturated rings. The van der Waals surface area contributed by atoms with E-state index in [1.807, 2.05) is 18.2 Å². The minimum absolute atomic E-state index is 0.0441. The van der Waals surface area contributed by atoms with Crippen LogP contribution in [0.3, 0.4) is 0 Å². The molecule has 3 aromatic carbocycles. The number of benzene rings is 3. The Labute approximate surface area is 214 Å². The summed E-state index contributed by atoms with van der Waals surface area (Å²) in [6.45, 7) is 0. The number of fused-ring (bicyclic) bond motifs is 1. The van der Waals surface area contributed by atoms with Gasteiger partial charge in [-0.15, -0.1) is 11.3 Å². The van der Waals surface area contributed by atoms with Crippen molar-refractivity contribution in [1.82, 2.24) is 5.43 Å². The van der Waals surface area contributed by atoms with E-state index in [1.165, 1.54) is 23.6 Å². The van der Waals surface area contributed by atoms with Gasteiger partial charge in [0.1, 0.15) is 10.6 Å². The van der Waals surface area contributed by atoms with Gasteiger partial charge in [-0.3, -0.25) is 9.59 Å². The van der Waals surface area contributed by atoms with Crippen LogP contribution in [0.4, 0.5) is 5.69 Å². The van der Waals surface area contributed by atoms with E-state index < -0.39 is 5.91 Å². The van der Waals surface area contributed by atoms with Crippen molar-refractivity contribution in [3.8, 4) is 5.75 Å². The summed E-state index contributed by atoms with van der Waals surface area (Å²) in [5, 5.41) is 17.7. The molecule has 0 saturated carbocycles. The molecule has 0 unspecified atom stereocenters. The van der Waals surface area contributed by atoms with Crippen LogP contribution in [0.5, 0.6) is 5.75 Å². The fraction of sp³-hybridized carbons (Fsp3) is 0. The zero-order valence-electron chi connectivity index (χ0n) is 16.6. The molecule has 0 spiro atoms. The van der Waals surface area contributed by atoms with Gasteiger partial charge in [0.15, 0.2) is 0 Å². The second-order valence-electron chi connectivity index (χ2n) is 6.82. The number of thiophene rings is 1. The molecular weight excluding hydrogens is 594 g/mol. The molecule has 0 saturated heterocycles. The van der Waals surface area contributed by atoms with Crippen molar-refractivity contribution >= 4 is 88.6 Å². The van der Waals surface area contributed by atoms with Gasteiger partial charge in [-0.25, -0.2) is 5.43 Å². The average Bonchev–Trinajstić information content (AvgIpc) is 3.12. The second kappa shape index (κ2) is 10.0. The van der Waals surface area contributed by atoms with E-state index in [4.69, 9.17) is 11.6 Å². The van der Waals surface area contributed by atoms with Gasteiger partial charge in [-0.05, 0) is 54.6 Å². The number of hydrogen-bond acceptors (Lipinski definition) is 5. The number of nitrogens with one attached hydrogen (secondary N) is 2. The van der Waals surface area contributed by atoms with Gasteiger partial charge in [-0.1, -0.05) is 49.5 Å². The molecule has 1 heterocycles. The highest BCUT2D eigenvalue weighted by atomic mass is 79.9. The number of phenols is 1. The van der Waals surface area contributed by atoms with Crippen molar-refractivity contribution in [3.05, 3.63) is 90.6 Å². The monoisotopic (exact) mass is 605 g/mol. The molecule has 0 aliphatic heterocycles. The van der Waals surface area contributed by atoms with E-state index in [1.54, 1.807) is 36.4 Å². The Kier molecular flexibility index (Phi) is 7.14. The largest absolute Gasteiger partial charge is 0.507 e. The molecule has 1 aromatic heterocycles. The van der Waals surface area contributed by atoms with Crippen LogP contribution in [0.2, 0.25) is 5.02 Å². The second-order valence-corrected chi connectivity index (χ2v) is 10.1. The number of anilines is 1. The number of nitrogens with zero attached hydrogens (tertiary/aromatic N) is 1. The van der Waals surface area contributed by atoms with Crippen LogP contribution in [0, 0.1) is 0 Å². The van der Waals surface area contributed by atoms with Gasteiger partial charge in [0, 0.05) is 35.8 Å². The number of carbonyl (C=O) groups excluding carboxylic acids is 2. The zero-order valence-corrected chi connectivity index (χ0v) is 21.3. The van der Waals surface area contributed by atoms with Crippen LogP contribution in [0.15, 0.2) is 74.7 Å². The lowest BCUT2D eigenvalue weighted by Crippen LogP contribution is -2.17. The smallest absolute Gasteiger partial charge is 0.271 e. The predicted octanol–water partition coefficient (Wildman–Crippen LogP) is 6.80. The maximum Gasteiger partial charge on any atom is 0.271 e. The molecule has 0 radical (unpaired) electrons. The first kappa shape index (κ1) is 23.4. The van der Waals surface area contributed by atoms with Gasteiger partial charge in [0.2, 0.25) is 0 Å². The fourth-order valence-corrected chi connectivity index (χ4v) is 5.27. The van der Waals surface area contributed by atoms with Gasteiger partial charge in [-0.2, -0.15) is 5.10 Å². The third kappa shape index (κ3) is 5.44. The van der Waals surface area contributed by atoms with Crippen molar-refractivity contribution in [2.75, 3.05) is 5.32 Å². The fourth-order valence-electron chi connectivity index (χ4n) is 2.93. The Balaban J connectivity index is 1.41. The van der Waals surface area contributed by atoms with E-state index in [0.29, 0.717) is 26.7 Å². The Hall–Kier alpha value is -2.72. The van der Waals surface area contributed by atoms with E-state index in [0.717, 1.165) is 19.0 Å². The van der Waals surface area contributed by atoms with Crippen LogP contribution >= 0.6 is 54.8 Å². The van der Waals surface area contributed by atoms with Crippen LogP contribution in [-0.2, 0) is 0 Å². The van der Waals surface area contributed by atoms with E-state index >= 15 is 0 Å². The van der Waals surface area contributed by atoms with Gasteiger partial charge in [0.25, 0.3) is 11.8 Å². The van der Waals surface area contributed by atoms with Crippen molar-refractivity contribution in [2.24, 2.45) is 5.10 Å². The maximum atomic E-state index is 12.7. The first-order chi connectivity index (χ1) is 15.8. The number of aromatic hydroxyl groups is 1. The molecule has 0 atom stereocenters. The third-order valence-electron chi connectivity index (χ3n) is 4.56. The summed E-state index contributed by atoms with van der Waals surface area (Å²) in [6, 6.07) is 16.9. The molecule has 2 amide bonds. The minimum atomic E-state index is -0.434. The Morgan fingerprint density at radius 2 is 1.67 bits per heavy atom. The van der Waals surface area contributed by atoms with Crippen LogP contribution < -0.4 is 10.7 Å². The Morgan fingerprint density at radius 1 is 0.970 bits per heavy atom. The number of phenolic OH excluding ortho intramolecular Hbond substituents is 1. The summed E-state index contributed by atoms with van der Waals surface area (Å²) in [6.07, 6.45) is 1.35. The molecule has 3 N–H and O–H groups in total. The molecule has 0 aliphatic carbocycles. The van der Waals surface area contributed by atoms with Crippen molar-refractivity contribution in [2.45, 2.75) is 0 Å². The van der Waals surface area contributed by atoms with Crippen LogP contribution in [0.25, 0.3) is 10.1 Å². The molecule has 4 rings (SSSR count). The molecule has 6 nitrogen and oxygen atoms in total. The van der Waals surface area contributed by atoms with Crippen molar-refractivity contribution < 1.29 is 14.7 Å². The molecule has 0 aliphatic rings. The lowest BCUT2D eigenvalue weighted by atomic mass is 10.2. The summed E-state index contributed by atoms with van der Waals surface area (Å²) < 4.78 is 2.59. The molecule has 166 valence electrons. The first-order valence-electron chi connectivity index (χ1n) is 9.42. The molecule has 4 aromatic rings. The number of hydrogen-bond donors (Lipinski definition) is 3. The standard InChI is InChI=1S/C23H14Br2ClN3O3S/c24-14-4-8-18(30)13(9-14)11-27-29-22(31)12-1-5-16(6-2-12)28-23(32)21-20(26)17-7-3-15(25)10-19(17)33-21/h1-11,30H,(H,28,32)(H,29,31)/b27-11-. The number of halogens is 3. The van der Waals surface area contributed by atoms with E-state index in [2.05, 4.69) is 47.7 Å². The van der Waals surface area contributed by atoms with Crippen LogP contribution in [-0.4, -0.2) is 23.1 Å². The molecule has 10 heteroatoms. The molecular formula is C23H14Br2ClN3O3S. The van der Waals surface area contributed by atoms with Gasteiger partial charge >= 0.3 is 0 Å². The first-order valence-corrected chi connectivity index (χ1v) is 12.2. The topological polar surface area (TPSA) is 90.8 Å². The average molecular weight is 608 g/mol. The number of rotatable bonds is 5. The van der Waals surface area contributed by atoms with Crippen molar-refractivity contribution in [1.29, 1.82) is 0 Å². The van der Waals surface area contributed by atoms with E-state index in [9.17, 15) is 14.7 Å². The normalized spacial score (nSPS) is 11.1. The Morgan fingerprint density at radius 3 is 2.42 bits per heavy atom. The summed E-state index contributed by atoms with van der Waals surface area (Å²) in [5.41, 5.74) is 3.73. The number of hydrazone groups is 1. The summed E-state index contributed by atoms with van der Waals surface area (Å²) in [4.78, 5) is 25.4. The lowest BCUT2D eigenvalue weighted by Gasteiger charge is -2.06.